The molecule has 92 valence electrons. The smallest absolute Gasteiger partial charge is 0.249 e. The minimum absolute atomic E-state index is 0.0861. The Kier molecular flexibility index (Phi) is 4.25. The molecule has 2 fully saturated rings. The molecule has 3 nitrogen and oxygen atoms in total. The zero-order valence-corrected chi connectivity index (χ0v) is 11.3. The minimum atomic E-state index is -0.207. The van der Waals surface area contributed by atoms with E-state index in [0.717, 1.165) is 19.6 Å². The van der Waals surface area contributed by atoms with Crippen LogP contribution in [0.15, 0.2) is 0 Å². The van der Waals surface area contributed by atoms with Crippen molar-refractivity contribution in [2.24, 2.45) is 11.8 Å². The van der Waals surface area contributed by atoms with Crippen molar-refractivity contribution in [1.29, 1.82) is 0 Å². The molecule has 0 radical (unpaired) electrons. The number of rotatable bonds is 3. The predicted molar refractivity (Wildman–Crippen MR) is 66.6 cm³/mol. The fourth-order valence-electron chi connectivity index (χ4n) is 2.58. The van der Waals surface area contributed by atoms with Gasteiger partial charge in [-0.3, -0.25) is 4.79 Å². The lowest BCUT2D eigenvalue weighted by atomic mass is 10.0. The summed E-state index contributed by atoms with van der Waals surface area (Å²) in [5, 5.41) is 3.03. The Morgan fingerprint density at radius 3 is 2.81 bits per heavy atom. The van der Waals surface area contributed by atoms with E-state index in [1.807, 2.05) is 0 Å². The van der Waals surface area contributed by atoms with E-state index in [9.17, 15) is 4.79 Å². The Morgan fingerprint density at radius 1 is 1.44 bits per heavy atom. The normalized spacial score (nSPS) is 38.9. The van der Waals surface area contributed by atoms with Crippen molar-refractivity contribution in [3.8, 4) is 0 Å². The molecule has 1 aliphatic heterocycles. The highest BCUT2D eigenvalue weighted by Gasteiger charge is 2.31. The van der Waals surface area contributed by atoms with Gasteiger partial charge in [0.25, 0.3) is 0 Å². The van der Waals surface area contributed by atoms with Gasteiger partial charge < -0.3 is 10.1 Å². The Hall–Kier alpha value is -0.0900. The number of ether oxygens (including phenoxy) is 1. The van der Waals surface area contributed by atoms with E-state index >= 15 is 0 Å². The Labute approximate surface area is 105 Å². The summed E-state index contributed by atoms with van der Waals surface area (Å²) in [6, 6.07) is 0. The number of hydrogen-bond acceptors (Lipinski definition) is 2. The third-order valence-electron chi connectivity index (χ3n) is 3.69. The second kappa shape index (κ2) is 5.50. The summed E-state index contributed by atoms with van der Waals surface area (Å²) >= 11 is 3.62. The molecule has 1 amide bonds. The summed E-state index contributed by atoms with van der Waals surface area (Å²) in [7, 11) is 0. The van der Waals surface area contributed by atoms with E-state index in [4.69, 9.17) is 4.74 Å². The second-order valence-electron chi connectivity index (χ2n) is 5.08. The molecular formula is C12H20BrNO2. The molecule has 4 atom stereocenters. The summed E-state index contributed by atoms with van der Waals surface area (Å²) < 4.78 is 5.44. The molecule has 0 aromatic carbocycles. The van der Waals surface area contributed by atoms with Gasteiger partial charge in [0.1, 0.15) is 6.10 Å². The van der Waals surface area contributed by atoms with Crippen LogP contribution in [0.5, 0.6) is 0 Å². The largest absolute Gasteiger partial charge is 0.368 e. The van der Waals surface area contributed by atoms with Crippen LogP contribution in [-0.2, 0) is 9.53 Å². The molecule has 1 N–H and O–H groups in total. The molecule has 2 aliphatic rings. The molecule has 16 heavy (non-hydrogen) atoms. The average Bonchev–Trinajstić information content (AvgIpc) is 2.84. The number of alkyl halides is 1. The van der Waals surface area contributed by atoms with Gasteiger partial charge in [-0.25, -0.2) is 0 Å². The number of halogens is 1. The molecule has 4 heteroatoms. The molecule has 1 saturated heterocycles. The summed E-state index contributed by atoms with van der Waals surface area (Å²) in [4.78, 5) is 12.5. The van der Waals surface area contributed by atoms with E-state index in [1.54, 1.807) is 0 Å². The van der Waals surface area contributed by atoms with Crippen LogP contribution in [0.25, 0.3) is 0 Å². The number of hydrogen-bond donors (Lipinski definition) is 1. The second-order valence-corrected chi connectivity index (χ2v) is 6.37. The molecule has 0 spiro atoms. The van der Waals surface area contributed by atoms with Crippen LogP contribution < -0.4 is 5.32 Å². The standard InChI is InChI=1S/C12H20BrNO2/c1-8-4-5-16-11(8)12(15)14-7-9-2-3-10(13)6-9/h8-11H,2-7H2,1H3,(H,14,15). The van der Waals surface area contributed by atoms with Crippen molar-refractivity contribution in [1.82, 2.24) is 5.32 Å². The first-order chi connectivity index (χ1) is 7.66. The van der Waals surface area contributed by atoms with Gasteiger partial charge in [0, 0.05) is 18.0 Å². The van der Waals surface area contributed by atoms with Gasteiger partial charge >= 0.3 is 0 Å². The van der Waals surface area contributed by atoms with Crippen LogP contribution in [-0.4, -0.2) is 30.0 Å². The lowest BCUT2D eigenvalue weighted by Gasteiger charge is -2.16. The molecule has 0 bridgehead atoms. The van der Waals surface area contributed by atoms with Gasteiger partial charge in [0.05, 0.1) is 0 Å². The summed E-state index contributed by atoms with van der Waals surface area (Å²) in [6.07, 6.45) is 4.43. The highest BCUT2D eigenvalue weighted by molar-refractivity contribution is 9.09. The molecule has 4 unspecified atom stereocenters. The average molecular weight is 290 g/mol. The number of amides is 1. The number of nitrogens with one attached hydrogen (secondary N) is 1. The quantitative estimate of drug-likeness (QED) is 0.808. The monoisotopic (exact) mass is 289 g/mol. The first-order valence-electron chi connectivity index (χ1n) is 6.20. The van der Waals surface area contributed by atoms with Gasteiger partial charge in [-0.1, -0.05) is 22.9 Å². The Morgan fingerprint density at radius 2 is 2.25 bits per heavy atom. The maximum atomic E-state index is 11.8. The Bertz CT molecular complexity index is 259. The van der Waals surface area contributed by atoms with E-state index in [1.165, 1.54) is 19.3 Å². The van der Waals surface area contributed by atoms with Gasteiger partial charge in [0.2, 0.25) is 5.91 Å². The SMILES string of the molecule is CC1CCOC1C(=O)NCC1CCC(Br)C1. The van der Waals surface area contributed by atoms with Gasteiger partial charge in [0.15, 0.2) is 0 Å². The van der Waals surface area contributed by atoms with E-state index < -0.39 is 0 Å². The zero-order valence-electron chi connectivity index (χ0n) is 9.75. The van der Waals surface area contributed by atoms with Crippen LogP contribution >= 0.6 is 15.9 Å². The Balaban J connectivity index is 1.71. The first kappa shape index (κ1) is 12.4. The van der Waals surface area contributed by atoms with Crippen molar-refractivity contribution in [2.45, 2.75) is 43.5 Å². The minimum Gasteiger partial charge on any atom is -0.368 e. The van der Waals surface area contributed by atoms with E-state index in [-0.39, 0.29) is 12.0 Å². The predicted octanol–water partition coefficient (Wildman–Crippen LogP) is 2.09. The summed E-state index contributed by atoms with van der Waals surface area (Å²) in [6.45, 7) is 3.63. The van der Waals surface area contributed by atoms with E-state index in [0.29, 0.717) is 16.7 Å². The van der Waals surface area contributed by atoms with Crippen LogP contribution in [0.3, 0.4) is 0 Å². The third-order valence-corrected chi connectivity index (χ3v) is 4.52. The van der Waals surface area contributed by atoms with Gasteiger partial charge in [-0.15, -0.1) is 0 Å². The highest BCUT2D eigenvalue weighted by atomic mass is 79.9. The molecule has 1 heterocycles. The molecule has 2 rings (SSSR count). The van der Waals surface area contributed by atoms with Gasteiger partial charge in [-0.05, 0) is 37.5 Å². The van der Waals surface area contributed by atoms with Crippen molar-refractivity contribution >= 4 is 21.8 Å². The molecule has 0 aromatic heterocycles. The summed E-state index contributed by atoms with van der Waals surface area (Å²) in [5.41, 5.74) is 0. The third kappa shape index (κ3) is 2.98. The van der Waals surface area contributed by atoms with Crippen LogP contribution in [0.1, 0.15) is 32.6 Å². The number of carbonyl (C=O) groups excluding carboxylic acids is 1. The summed E-state index contributed by atoms with van der Waals surface area (Å²) in [5.74, 6) is 1.10. The van der Waals surface area contributed by atoms with Crippen LogP contribution in [0.4, 0.5) is 0 Å². The maximum Gasteiger partial charge on any atom is 0.249 e. The zero-order chi connectivity index (χ0) is 11.5. The van der Waals surface area contributed by atoms with Crippen molar-refractivity contribution in [3.63, 3.8) is 0 Å². The van der Waals surface area contributed by atoms with Crippen LogP contribution in [0, 0.1) is 11.8 Å². The highest BCUT2D eigenvalue weighted by Crippen LogP contribution is 2.30. The molecule has 0 aromatic rings. The number of carbonyl (C=O) groups is 1. The van der Waals surface area contributed by atoms with Crippen LogP contribution in [0.2, 0.25) is 0 Å². The topological polar surface area (TPSA) is 38.3 Å². The fourth-order valence-corrected chi connectivity index (χ4v) is 3.37. The lowest BCUT2D eigenvalue weighted by molar-refractivity contribution is -0.131. The van der Waals surface area contributed by atoms with Crippen molar-refractivity contribution < 1.29 is 9.53 Å². The van der Waals surface area contributed by atoms with Crippen molar-refractivity contribution in [3.05, 3.63) is 0 Å². The first-order valence-corrected chi connectivity index (χ1v) is 7.11. The van der Waals surface area contributed by atoms with E-state index in [2.05, 4.69) is 28.2 Å². The maximum absolute atomic E-state index is 11.8. The fraction of sp³-hybridized carbons (Fsp3) is 0.917. The molecule has 1 aliphatic carbocycles. The lowest BCUT2D eigenvalue weighted by Crippen LogP contribution is -2.39. The van der Waals surface area contributed by atoms with Gasteiger partial charge in [-0.2, -0.15) is 0 Å². The molecular weight excluding hydrogens is 270 g/mol. The molecule has 1 saturated carbocycles. The van der Waals surface area contributed by atoms with Crippen molar-refractivity contribution in [2.75, 3.05) is 13.2 Å².